The molecule has 0 aromatic heterocycles. The van der Waals surface area contributed by atoms with Crippen LogP contribution in [0.25, 0.3) is 0 Å². The molecule has 7 heteroatoms. The lowest BCUT2D eigenvalue weighted by Crippen LogP contribution is -2.44. The highest BCUT2D eigenvalue weighted by Crippen LogP contribution is 2.27. The summed E-state index contributed by atoms with van der Waals surface area (Å²) in [5.41, 5.74) is 3.01. The molecule has 1 atom stereocenters. The summed E-state index contributed by atoms with van der Waals surface area (Å²) in [6.07, 6.45) is 0.919. The minimum absolute atomic E-state index is 0.0547. The minimum atomic E-state index is -0.135. The monoisotopic (exact) mass is 430 g/mol. The van der Waals surface area contributed by atoms with E-state index in [1.807, 2.05) is 43.3 Å². The Balaban J connectivity index is 1.44. The van der Waals surface area contributed by atoms with Crippen LogP contribution < -0.4 is 20.7 Å². The van der Waals surface area contributed by atoms with E-state index in [9.17, 15) is 4.79 Å². The Morgan fingerprint density at radius 2 is 2.07 bits per heavy atom. The third kappa shape index (κ3) is 5.23. The van der Waals surface area contributed by atoms with Crippen LogP contribution >= 0.6 is 15.9 Å². The fraction of sp³-hybridized carbons (Fsp3) is 0.300. The summed E-state index contributed by atoms with van der Waals surface area (Å²) >= 11 is 3.42. The zero-order chi connectivity index (χ0) is 19.2. The number of aryl methyl sites for hydroxylation is 1. The summed E-state index contributed by atoms with van der Waals surface area (Å²) in [4.78, 5) is 16.4. The van der Waals surface area contributed by atoms with E-state index in [4.69, 9.17) is 4.74 Å². The van der Waals surface area contributed by atoms with Crippen molar-refractivity contribution in [1.82, 2.24) is 10.6 Å². The molecule has 0 spiro atoms. The Morgan fingerprint density at radius 3 is 2.85 bits per heavy atom. The van der Waals surface area contributed by atoms with Crippen molar-refractivity contribution >= 4 is 33.5 Å². The molecular weight excluding hydrogens is 408 g/mol. The topological polar surface area (TPSA) is 74.8 Å². The Bertz CT molecular complexity index is 829. The van der Waals surface area contributed by atoms with Crippen molar-refractivity contribution in [3.63, 3.8) is 0 Å². The van der Waals surface area contributed by atoms with Crippen LogP contribution in [-0.4, -0.2) is 38.1 Å². The van der Waals surface area contributed by atoms with Crippen LogP contribution in [0.1, 0.15) is 11.1 Å². The molecule has 6 nitrogen and oxygen atoms in total. The van der Waals surface area contributed by atoms with E-state index in [-0.39, 0.29) is 18.6 Å². The number of nitrogens with zero attached hydrogens (tertiary/aromatic N) is 1. The molecule has 1 amide bonds. The van der Waals surface area contributed by atoms with Gasteiger partial charge in [-0.25, -0.2) is 0 Å². The lowest BCUT2D eigenvalue weighted by Gasteiger charge is -2.16. The highest BCUT2D eigenvalue weighted by Gasteiger charge is 2.22. The molecular formula is C20H23BrN4O2. The molecule has 0 aliphatic carbocycles. The Hall–Kier alpha value is -2.54. The van der Waals surface area contributed by atoms with Gasteiger partial charge in [0.2, 0.25) is 5.91 Å². The quantitative estimate of drug-likeness (QED) is 0.503. The number of halogens is 1. The molecule has 0 fully saturated rings. The van der Waals surface area contributed by atoms with E-state index in [2.05, 4.69) is 42.9 Å². The first-order valence-electron chi connectivity index (χ1n) is 8.80. The van der Waals surface area contributed by atoms with Crippen LogP contribution in [0.4, 0.5) is 5.69 Å². The number of carbonyl (C=O) groups is 1. The number of hydrogen-bond acceptors (Lipinski definition) is 3. The van der Waals surface area contributed by atoms with Gasteiger partial charge in [-0.2, -0.15) is 0 Å². The maximum absolute atomic E-state index is 12.2. The smallest absolute Gasteiger partial charge is 0.243 e. The second-order valence-corrected chi connectivity index (χ2v) is 7.28. The van der Waals surface area contributed by atoms with Crippen LogP contribution in [-0.2, 0) is 11.2 Å². The number of guanidine groups is 1. The number of aliphatic imine (C=N–C) groups is 1. The first kappa shape index (κ1) is 19.2. The predicted octanol–water partition coefficient (Wildman–Crippen LogP) is 2.86. The highest BCUT2D eigenvalue weighted by atomic mass is 79.9. The van der Waals surface area contributed by atoms with Crippen molar-refractivity contribution in [2.45, 2.75) is 19.4 Å². The zero-order valence-corrected chi connectivity index (χ0v) is 17.0. The van der Waals surface area contributed by atoms with Crippen LogP contribution in [0.15, 0.2) is 51.9 Å². The molecule has 1 aliphatic heterocycles. The van der Waals surface area contributed by atoms with Gasteiger partial charge in [0.05, 0.1) is 13.1 Å². The molecule has 2 aromatic carbocycles. The molecule has 27 heavy (non-hydrogen) atoms. The van der Waals surface area contributed by atoms with Crippen molar-refractivity contribution in [1.29, 1.82) is 0 Å². The Labute approximate surface area is 167 Å². The fourth-order valence-corrected chi connectivity index (χ4v) is 3.25. The number of para-hydroxylation sites is 1. The largest absolute Gasteiger partial charge is 0.488 e. The lowest BCUT2D eigenvalue weighted by molar-refractivity contribution is -0.115. The molecule has 3 N–H and O–H groups in total. The van der Waals surface area contributed by atoms with Gasteiger partial charge < -0.3 is 20.7 Å². The molecule has 1 unspecified atom stereocenters. The first-order valence-corrected chi connectivity index (χ1v) is 9.59. The van der Waals surface area contributed by atoms with Gasteiger partial charge in [0, 0.05) is 23.6 Å². The van der Waals surface area contributed by atoms with Gasteiger partial charge in [0.1, 0.15) is 11.9 Å². The molecule has 0 saturated heterocycles. The molecule has 1 heterocycles. The van der Waals surface area contributed by atoms with Crippen molar-refractivity contribution < 1.29 is 9.53 Å². The number of nitrogens with one attached hydrogen (secondary N) is 3. The van der Waals surface area contributed by atoms with Crippen LogP contribution in [0.5, 0.6) is 5.75 Å². The van der Waals surface area contributed by atoms with Gasteiger partial charge in [0.25, 0.3) is 0 Å². The van der Waals surface area contributed by atoms with Crippen molar-refractivity contribution in [2.75, 3.05) is 25.5 Å². The number of fused-ring (bicyclic) bond motifs is 1. The number of anilines is 1. The lowest BCUT2D eigenvalue weighted by atomic mass is 10.1. The van der Waals surface area contributed by atoms with E-state index in [0.717, 1.165) is 27.9 Å². The van der Waals surface area contributed by atoms with Gasteiger partial charge >= 0.3 is 0 Å². The third-order valence-electron chi connectivity index (χ3n) is 4.32. The summed E-state index contributed by atoms with van der Waals surface area (Å²) in [5, 5.41) is 9.14. The molecule has 0 radical (unpaired) electrons. The number of amides is 1. The number of carbonyl (C=O) groups excluding carboxylic acids is 1. The SMILES string of the molecule is CN=C(NCC(=O)Nc1cc(Br)ccc1C)NCC1Cc2ccccc2O1. The first-order chi connectivity index (χ1) is 13.0. The molecule has 1 aliphatic rings. The van der Waals surface area contributed by atoms with E-state index in [1.165, 1.54) is 5.56 Å². The van der Waals surface area contributed by atoms with Gasteiger partial charge in [0.15, 0.2) is 5.96 Å². The van der Waals surface area contributed by atoms with Crippen molar-refractivity contribution in [3.8, 4) is 5.75 Å². The van der Waals surface area contributed by atoms with Crippen LogP contribution in [0.2, 0.25) is 0 Å². The molecule has 3 rings (SSSR count). The predicted molar refractivity (Wildman–Crippen MR) is 111 cm³/mol. The van der Waals surface area contributed by atoms with E-state index < -0.39 is 0 Å². The van der Waals surface area contributed by atoms with Gasteiger partial charge in [-0.3, -0.25) is 9.79 Å². The molecule has 0 bridgehead atoms. The van der Waals surface area contributed by atoms with Crippen LogP contribution in [0.3, 0.4) is 0 Å². The van der Waals surface area contributed by atoms with E-state index in [0.29, 0.717) is 12.5 Å². The number of hydrogen-bond donors (Lipinski definition) is 3. The number of ether oxygens (including phenoxy) is 1. The summed E-state index contributed by atoms with van der Waals surface area (Å²) in [5.74, 6) is 1.37. The van der Waals surface area contributed by atoms with Crippen molar-refractivity contribution in [2.24, 2.45) is 4.99 Å². The Morgan fingerprint density at radius 1 is 1.26 bits per heavy atom. The second kappa shape index (κ2) is 8.90. The zero-order valence-electron chi connectivity index (χ0n) is 15.4. The van der Waals surface area contributed by atoms with E-state index in [1.54, 1.807) is 7.05 Å². The molecule has 2 aromatic rings. The maximum atomic E-state index is 12.2. The fourth-order valence-electron chi connectivity index (χ4n) is 2.89. The summed E-state index contributed by atoms with van der Waals surface area (Å²) in [7, 11) is 1.68. The minimum Gasteiger partial charge on any atom is -0.488 e. The average Bonchev–Trinajstić information content (AvgIpc) is 3.08. The van der Waals surface area contributed by atoms with Crippen molar-refractivity contribution in [3.05, 3.63) is 58.1 Å². The van der Waals surface area contributed by atoms with Gasteiger partial charge in [-0.1, -0.05) is 40.2 Å². The highest BCUT2D eigenvalue weighted by molar-refractivity contribution is 9.10. The van der Waals surface area contributed by atoms with E-state index >= 15 is 0 Å². The summed E-state index contributed by atoms with van der Waals surface area (Å²) < 4.78 is 6.82. The number of benzene rings is 2. The number of rotatable bonds is 5. The Kier molecular flexibility index (Phi) is 6.34. The van der Waals surface area contributed by atoms with Crippen LogP contribution in [0, 0.1) is 6.92 Å². The molecule has 142 valence electrons. The maximum Gasteiger partial charge on any atom is 0.243 e. The normalized spacial score (nSPS) is 15.7. The third-order valence-corrected chi connectivity index (χ3v) is 4.82. The average molecular weight is 431 g/mol. The van der Waals surface area contributed by atoms with Gasteiger partial charge in [-0.15, -0.1) is 0 Å². The standard InChI is InChI=1S/C20H23BrN4O2/c1-13-7-8-15(21)10-17(13)25-19(26)12-24-20(22-2)23-11-16-9-14-5-3-4-6-18(14)27-16/h3-8,10,16H,9,11-12H2,1-2H3,(H,25,26)(H2,22,23,24). The molecule has 0 saturated carbocycles. The summed E-state index contributed by atoms with van der Waals surface area (Å²) in [6.45, 7) is 2.69. The summed E-state index contributed by atoms with van der Waals surface area (Å²) in [6, 6.07) is 13.8. The second-order valence-electron chi connectivity index (χ2n) is 6.37. The van der Waals surface area contributed by atoms with Gasteiger partial charge in [-0.05, 0) is 36.2 Å².